The number of halogens is 1. The predicted molar refractivity (Wildman–Crippen MR) is 105 cm³/mol. The predicted octanol–water partition coefficient (Wildman–Crippen LogP) is 2.78. The molecule has 5 nitrogen and oxygen atoms in total. The molecule has 0 saturated carbocycles. The second-order valence-electron chi connectivity index (χ2n) is 7.14. The van der Waals surface area contributed by atoms with Crippen molar-refractivity contribution in [1.82, 2.24) is 0 Å². The molecule has 1 saturated heterocycles. The largest absolute Gasteiger partial charge is 0.486 e. The van der Waals surface area contributed by atoms with Crippen LogP contribution in [-0.2, 0) is 4.79 Å². The summed E-state index contributed by atoms with van der Waals surface area (Å²) in [6.07, 6.45) is 2.18. The summed E-state index contributed by atoms with van der Waals surface area (Å²) in [4.78, 5) is 13.9. The molecule has 0 radical (unpaired) electrons. The first-order valence-corrected chi connectivity index (χ1v) is 9.78. The molecule has 2 aromatic carbocycles. The van der Waals surface area contributed by atoms with Gasteiger partial charge in [-0.15, -0.1) is 0 Å². The zero-order valence-electron chi connectivity index (χ0n) is 15.4. The van der Waals surface area contributed by atoms with Gasteiger partial charge in [-0.2, -0.15) is 0 Å². The number of ether oxygens (including phenoxy) is 2. The lowest BCUT2D eigenvalue weighted by Gasteiger charge is -2.24. The monoisotopic (exact) mass is 387 g/mol. The van der Waals surface area contributed by atoms with E-state index in [0.717, 1.165) is 42.1 Å². The Hall–Kier alpha value is -2.24. The van der Waals surface area contributed by atoms with Gasteiger partial charge in [0.1, 0.15) is 19.3 Å². The number of hydrogen-bond donors (Lipinski definition) is 2. The Labute approximate surface area is 164 Å². The molecule has 2 N–H and O–H groups in total. The van der Waals surface area contributed by atoms with Crippen LogP contribution in [0.3, 0.4) is 0 Å². The van der Waals surface area contributed by atoms with E-state index in [2.05, 4.69) is 17.4 Å². The maximum atomic E-state index is 12.6. The molecule has 2 aromatic rings. The number of carbonyl (C=O) groups excluding carboxylic acids is 1. The van der Waals surface area contributed by atoms with Gasteiger partial charge in [0.25, 0.3) is 5.91 Å². The first-order chi connectivity index (χ1) is 13.1. The van der Waals surface area contributed by atoms with Gasteiger partial charge in [0, 0.05) is 29.1 Å². The average molecular weight is 388 g/mol. The van der Waals surface area contributed by atoms with Crippen molar-refractivity contribution in [3.8, 4) is 11.5 Å². The van der Waals surface area contributed by atoms with E-state index in [0.29, 0.717) is 30.8 Å². The summed E-state index contributed by atoms with van der Waals surface area (Å²) in [5, 5.41) is 3.67. The Bertz CT molecular complexity index is 855. The van der Waals surface area contributed by atoms with Gasteiger partial charge >= 0.3 is 0 Å². The van der Waals surface area contributed by atoms with Crippen LogP contribution in [0.2, 0.25) is 5.02 Å². The number of carbonyl (C=O) groups is 1. The topological polar surface area (TPSA) is 52.0 Å². The van der Waals surface area contributed by atoms with Crippen LogP contribution < -0.4 is 19.7 Å². The Morgan fingerprint density at radius 1 is 1.22 bits per heavy atom. The van der Waals surface area contributed by atoms with Crippen LogP contribution in [0.25, 0.3) is 0 Å². The van der Waals surface area contributed by atoms with Gasteiger partial charge in [0.2, 0.25) is 0 Å². The fourth-order valence-electron chi connectivity index (χ4n) is 3.95. The highest BCUT2D eigenvalue weighted by Crippen LogP contribution is 2.33. The Morgan fingerprint density at radius 3 is 2.89 bits per heavy atom. The Balaban J connectivity index is 1.45. The fourth-order valence-corrected chi connectivity index (χ4v) is 4.12. The summed E-state index contributed by atoms with van der Waals surface area (Å²) in [5.74, 6) is 1.63. The molecule has 2 heterocycles. The zero-order valence-corrected chi connectivity index (χ0v) is 16.1. The van der Waals surface area contributed by atoms with Crippen LogP contribution in [0.1, 0.15) is 30.0 Å². The summed E-state index contributed by atoms with van der Waals surface area (Å²) in [6.45, 7) is 4.51. The normalized spacial score (nSPS) is 21.1. The number of nitrogens with one attached hydrogen (secondary N) is 2. The van der Waals surface area contributed by atoms with E-state index >= 15 is 0 Å². The van der Waals surface area contributed by atoms with Crippen molar-refractivity contribution in [2.45, 2.75) is 25.8 Å². The minimum atomic E-state index is 0.0137. The minimum Gasteiger partial charge on any atom is -0.486 e. The Morgan fingerprint density at radius 2 is 2.04 bits per heavy atom. The minimum absolute atomic E-state index is 0.0137. The molecule has 1 fully saturated rings. The number of anilines is 1. The second kappa shape index (κ2) is 7.79. The molecule has 142 valence electrons. The summed E-state index contributed by atoms with van der Waals surface area (Å²) in [6, 6.07) is 12.0. The fraction of sp³-hybridized carbons (Fsp3) is 0.381. The van der Waals surface area contributed by atoms with E-state index < -0.39 is 0 Å². The number of fused-ring (bicyclic) bond motifs is 1. The van der Waals surface area contributed by atoms with Crippen molar-refractivity contribution >= 4 is 23.2 Å². The molecule has 0 aromatic heterocycles. The van der Waals surface area contributed by atoms with Crippen LogP contribution >= 0.6 is 11.6 Å². The third kappa shape index (κ3) is 3.89. The first kappa shape index (κ1) is 18.1. The molecular weight excluding hydrogens is 364 g/mol. The van der Waals surface area contributed by atoms with E-state index in [4.69, 9.17) is 21.1 Å². The summed E-state index contributed by atoms with van der Waals surface area (Å²) in [5.41, 5.74) is 2.88. The maximum absolute atomic E-state index is 12.6. The number of quaternary nitrogens is 1. The summed E-state index contributed by atoms with van der Waals surface area (Å²) < 4.78 is 11.3. The van der Waals surface area contributed by atoms with Crippen molar-refractivity contribution in [3.05, 3.63) is 52.5 Å². The number of hydrogen-bond acceptors (Lipinski definition) is 3. The van der Waals surface area contributed by atoms with Crippen LogP contribution in [0.4, 0.5) is 5.69 Å². The molecule has 2 atom stereocenters. The van der Waals surface area contributed by atoms with Crippen LogP contribution in [0, 0.1) is 6.92 Å². The van der Waals surface area contributed by atoms with E-state index in [9.17, 15) is 4.79 Å². The molecular formula is C21H24ClN2O3+. The number of likely N-dealkylation sites (tertiary alicyclic amines) is 1. The van der Waals surface area contributed by atoms with Crippen molar-refractivity contribution in [3.63, 3.8) is 0 Å². The van der Waals surface area contributed by atoms with Gasteiger partial charge in [-0.1, -0.05) is 17.7 Å². The lowest BCUT2D eigenvalue weighted by molar-refractivity contribution is -0.910. The molecule has 0 bridgehead atoms. The highest BCUT2D eigenvalue weighted by atomic mass is 35.5. The third-order valence-corrected chi connectivity index (χ3v) is 5.79. The number of rotatable bonds is 4. The lowest BCUT2D eigenvalue weighted by Crippen LogP contribution is -3.11. The van der Waals surface area contributed by atoms with Gasteiger partial charge in [0.05, 0.1) is 6.54 Å². The summed E-state index contributed by atoms with van der Waals surface area (Å²) in [7, 11) is 0. The van der Waals surface area contributed by atoms with Crippen LogP contribution in [-0.4, -0.2) is 32.2 Å². The van der Waals surface area contributed by atoms with Crippen LogP contribution in [0.15, 0.2) is 36.4 Å². The molecule has 0 aliphatic carbocycles. The van der Waals surface area contributed by atoms with Gasteiger partial charge in [-0.3, -0.25) is 4.79 Å². The SMILES string of the molecule is Cc1c(Cl)cccc1NC(=O)C[NH+]1CCC[C@H]1c1ccc2c(c1)OCCO2. The van der Waals surface area contributed by atoms with Crippen molar-refractivity contribution in [2.75, 3.05) is 31.6 Å². The second-order valence-corrected chi connectivity index (χ2v) is 7.55. The van der Waals surface area contributed by atoms with Gasteiger partial charge in [-0.25, -0.2) is 0 Å². The van der Waals surface area contributed by atoms with Gasteiger partial charge in [-0.05, 0) is 42.8 Å². The Kier molecular flexibility index (Phi) is 5.23. The number of benzene rings is 2. The van der Waals surface area contributed by atoms with Crippen molar-refractivity contribution < 1.29 is 19.2 Å². The highest BCUT2D eigenvalue weighted by Gasteiger charge is 2.32. The van der Waals surface area contributed by atoms with Gasteiger partial charge in [0.15, 0.2) is 18.0 Å². The highest BCUT2D eigenvalue weighted by molar-refractivity contribution is 6.31. The van der Waals surface area contributed by atoms with Crippen molar-refractivity contribution in [1.29, 1.82) is 0 Å². The molecule has 6 heteroatoms. The van der Waals surface area contributed by atoms with Crippen molar-refractivity contribution in [2.24, 2.45) is 0 Å². The average Bonchev–Trinajstić information content (AvgIpc) is 3.13. The molecule has 4 rings (SSSR count). The van der Waals surface area contributed by atoms with Gasteiger partial charge < -0.3 is 19.7 Å². The van der Waals surface area contributed by atoms with E-state index in [1.165, 1.54) is 10.5 Å². The molecule has 27 heavy (non-hydrogen) atoms. The van der Waals surface area contributed by atoms with E-state index in [-0.39, 0.29) is 5.91 Å². The van der Waals surface area contributed by atoms with Crippen LogP contribution in [0.5, 0.6) is 11.5 Å². The summed E-state index contributed by atoms with van der Waals surface area (Å²) >= 11 is 6.15. The lowest BCUT2D eigenvalue weighted by atomic mass is 10.0. The molecule has 2 aliphatic rings. The molecule has 1 amide bonds. The first-order valence-electron chi connectivity index (χ1n) is 9.41. The zero-order chi connectivity index (χ0) is 18.8. The van der Waals surface area contributed by atoms with E-state index in [1.807, 2.05) is 31.2 Å². The maximum Gasteiger partial charge on any atom is 0.279 e. The smallest absolute Gasteiger partial charge is 0.279 e. The molecule has 2 aliphatic heterocycles. The quantitative estimate of drug-likeness (QED) is 0.848. The standard InChI is InChI=1S/C21H23ClN2O3/c1-14-16(22)4-2-5-17(14)23-21(25)13-24-9-3-6-18(24)15-7-8-19-20(12-15)27-11-10-26-19/h2,4-5,7-8,12,18H,3,6,9-11,13H2,1H3,(H,23,25)/p+1/t18-/m0/s1. The third-order valence-electron chi connectivity index (χ3n) is 5.38. The molecule has 0 spiro atoms. The molecule has 1 unspecified atom stereocenters. The van der Waals surface area contributed by atoms with E-state index in [1.54, 1.807) is 0 Å². The number of amides is 1.